The van der Waals surface area contributed by atoms with Gasteiger partial charge in [-0.15, -0.1) is 0 Å². The van der Waals surface area contributed by atoms with Crippen LogP contribution in [-0.4, -0.2) is 48.7 Å². The molecule has 106 valence electrons. The summed E-state index contributed by atoms with van der Waals surface area (Å²) in [4.78, 5) is 14.1. The number of nitrogens with one attached hydrogen (secondary N) is 1. The van der Waals surface area contributed by atoms with Crippen LogP contribution < -0.4 is 5.32 Å². The Bertz CT molecular complexity index is 246. The Labute approximate surface area is 111 Å². The molecule has 2 unspecified atom stereocenters. The van der Waals surface area contributed by atoms with Crippen molar-refractivity contribution in [3.8, 4) is 0 Å². The number of carbonyl (C=O) groups is 1. The average molecular weight is 256 g/mol. The normalized spacial score (nSPS) is 23.9. The van der Waals surface area contributed by atoms with Gasteiger partial charge in [-0.1, -0.05) is 13.3 Å². The molecule has 1 amide bonds. The van der Waals surface area contributed by atoms with Crippen LogP contribution >= 0.6 is 0 Å². The van der Waals surface area contributed by atoms with E-state index < -0.39 is 0 Å². The molecule has 0 radical (unpaired) electrons. The topological polar surface area (TPSA) is 52.6 Å². The zero-order chi connectivity index (χ0) is 13.4. The summed E-state index contributed by atoms with van der Waals surface area (Å²) in [6, 6.07) is 0.0199. The smallest absolute Gasteiger partial charge is 0.239 e. The number of likely N-dealkylation sites (N-methyl/N-ethyl adjacent to an activating group) is 1. The summed E-state index contributed by atoms with van der Waals surface area (Å²) in [5.41, 5.74) is 0. The van der Waals surface area contributed by atoms with E-state index in [1.54, 1.807) is 0 Å². The Morgan fingerprint density at radius 3 is 2.83 bits per heavy atom. The van der Waals surface area contributed by atoms with E-state index in [2.05, 4.69) is 12.2 Å². The molecular weight excluding hydrogens is 228 g/mol. The zero-order valence-electron chi connectivity index (χ0n) is 11.8. The van der Waals surface area contributed by atoms with Gasteiger partial charge in [0.25, 0.3) is 0 Å². The molecule has 0 saturated carbocycles. The second-order valence-electron chi connectivity index (χ2n) is 5.35. The number of aliphatic hydroxyl groups excluding tert-OH is 1. The minimum atomic E-state index is 0.0199. The number of amides is 1. The van der Waals surface area contributed by atoms with Crippen LogP contribution in [0.15, 0.2) is 0 Å². The quantitative estimate of drug-likeness (QED) is 0.677. The first-order valence-corrected chi connectivity index (χ1v) is 7.28. The summed E-state index contributed by atoms with van der Waals surface area (Å²) in [7, 11) is 1.89. The fourth-order valence-electron chi connectivity index (χ4n) is 2.57. The van der Waals surface area contributed by atoms with Crippen LogP contribution in [0.3, 0.4) is 0 Å². The van der Waals surface area contributed by atoms with E-state index in [9.17, 15) is 4.79 Å². The third-order valence-electron chi connectivity index (χ3n) is 3.92. The maximum Gasteiger partial charge on any atom is 0.239 e. The Balaban J connectivity index is 2.29. The molecule has 18 heavy (non-hydrogen) atoms. The van der Waals surface area contributed by atoms with Crippen LogP contribution in [0.25, 0.3) is 0 Å². The third-order valence-corrected chi connectivity index (χ3v) is 3.92. The van der Waals surface area contributed by atoms with Crippen LogP contribution in [0, 0.1) is 5.92 Å². The molecule has 1 aliphatic heterocycles. The molecule has 1 saturated heterocycles. The Morgan fingerprint density at radius 1 is 1.39 bits per heavy atom. The first-order chi connectivity index (χ1) is 8.69. The van der Waals surface area contributed by atoms with Crippen molar-refractivity contribution >= 4 is 5.91 Å². The second-order valence-corrected chi connectivity index (χ2v) is 5.35. The van der Waals surface area contributed by atoms with Crippen LogP contribution in [0.4, 0.5) is 0 Å². The summed E-state index contributed by atoms with van der Waals surface area (Å²) in [5.74, 6) is 0.931. The maximum absolute atomic E-state index is 12.2. The minimum Gasteiger partial charge on any atom is -0.396 e. The SMILES string of the molecule is CCC1CCNC(C(=O)N(C)CCCCCO)C1. The van der Waals surface area contributed by atoms with Gasteiger partial charge in [-0.25, -0.2) is 0 Å². The van der Waals surface area contributed by atoms with Crippen LogP contribution in [-0.2, 0) is 4.79 Å². The second kappa shape index (κ2) is 8.48. The van der Waals surface area contributed by atoms with E-state index in [0.29, 0.717) is 5.92 Å². The highest BCUT2D eigenvalue weighted by molar-refractivity contribution is 5.81. The number of rotatable bonds is 7. The highest BCUT2D eigenvalue weighted by atomic mass is 16.2. The van der Waals surface area contributed by atoms with Gasteiger partial charge in [0.05, 0.1) is 6.04 Å². The molecule has 1 rings (SSSR count). The number of nitrogens with zero attached hydrogens (tertiary/aromatic N) is 1. The molecule has 0 aromatic carbocycles. The van der Waals surface area contributed by atoms with Gasteiger partial charge in [0.15, 0.2) is 0 Å². The van der Waals surface area contributed by atoms with E-state index in [1.165, 1.54) is 12.8 Å². The van der Waals surface area contributed by atoms with Gasteiger partial charge >= 0.3 is 0 Å². The number of unbranched alkanes of at least 4 members (excludes halogenated alkanes) is 2. The van der Waals surface area contributed by atoms with E-state index in [1.807, 2.05) is 11.9 Å². The first-order valence-electron chi connectivity index (χ1n) is 7.28. The van der Waals surface area contributed by atoms with Gasteiger partial charge in [0.1, 0.15) is 0 Å². The van der Waals surface area contributed by atoms with Gasteiger partial charge in [0, 0.05) is 20.2 Å². The molecule has 2 N–H and O–H groups in total. The molecule has 1 fully saturated rings. The highest BCUT2D eigenvalue weighted by Gasteiger charge is 2.27. The number of piperidine rings is 1. The van der Waals surface area contributed by atoms with Crippen molar-refractivity contribution in [1.82, 2.24) is 10.2 Å². The van der Waals surface area contributed by atoms with Crippen LogP contribution in [0.2, 0.25) is 0 Å². The number of aliphatic hydroxyl groups is 1. The fraction of sp³-hybridized carbons (Fsp3) is 0.929. The number of hydrogen-bond donors (Lipinski definition) is 2. The molecule has 2 atom stereocenters. The molecule has 0 aromatic rings. The van der Waals surface area contributed by atoms with Crippen molar-refractivity contribution in [2.24, 2.45) is 5.92 Å². The predicted octanol–water partition coefficient (Wildman–Crippen LogP) is 1.39. The third kappa shape index (κ3) is 4.94. The zero-order valence-corrected chi connectivity index (χ0v) is 11.8. The van der Waals surface area contributed by atoms with Gasteiger partial charge in [-0.2, -0.15) is 0 Å². The molecule has 0 bridgehead atoms. The van der Waals surface area contributed by atoms with Crippen LogP contribution in [0.1, 0.15) is 45.4 Å². The number of hydrogen-bond acceptors (Lipinski definition) is 3. The molecule has 4 nitrogen and oxygen atoms in total. The van der Waals surface area contributed by atoms with Crippen molar-refractivity contribution in [3.05, 3.63) is 0 Å². The van der Waals surface area contributed by atoms with Crippen molar-refractivity contribution in [2.45, 2.75) is 51.5 Å². The predicted molar refractivity (Wildman–Crippen MR) is 73.4 cm³/mol. The average Bonchev–Trinajstić information content (AvgIpc) is 2.42. The first kappa shape index (κ1) is 15.4. The summed E-state index contributed by atoms with van der Waals surface area (Å²) in [6.07, 6.45) is 6.15. The number of carbonyl (C=O) groups excluding carboxylic acids is 1. The summed E-state index contributed by atoms with van der Waals surface area (Å²) in [6.45, 7) is 4.22. The Morgan fingerprint density at radius 2 is 2.17 bits per heavy atom. The molecule has 1 heterocycles. The van der Waals surface area contributed by atoms with E-state index in [0.717, 1.165) is 38.8 Å². The van der Waals surface area contributed by atoms with Crippen molar-refractivity contribution < 1.29 is 9.90 Å². The Kier molecular flexibility index (Phi) is 7.28. The summed E-state index contributed by atoms with van der Waals surface area (Å²) >= 11 is 0. The monoisotopic (exact) mass is 256 g/mol. The lowest BCUT2D eigenvalue weighted by atomic mass is 9.90. The molecule has 4 heteroatoms. The molecule has 0 spiro atoms. The Hall–Kier alpha value is -0.610. The van der Waals surface area contributed by atoms with Crippen LogP contribution in [0.5, 0.6) is 0 Å². The van der Waals surface area contributed by atoms with Crippen molar-refractivity contribution in [1.29, 1.82) is 0 Å². The summed E-state index contributed by atoms with van der Waals surface area (Å²) in [5, 5.41) is 12.0. The van der Waals surface area contributed by atoms with E-state index >= 15 is 0 Å². The molecule has 0 aliphatic carbocycles. The standard InChI is InChI=1S/C14H28N2O2/c1-3-12-7-8-15-13(11-12)14(18)16(2)9-5-4-6-10-17/h12-13,15,17H,3-11H2,1-2H3. The van der Waals surface area contributed by atoms with Gasteiger partial charge < -0.3 is 15.3 Å². The van der Waals surface area contributed by atoms with Crippen molar-refractivity contribution in [2.75, 3.05) is 26.7 Å². The van der Waals surface area contributed by atoms with Crippen molar-refractivity contribution in [3.63, 3.8) is 0 Å². The largest absolute Gasteiger partial charge is 0.396 e. The molecule has 1 aliphatic rings. The lowest BCUT2D eigenvalue weighted by Crippen LogP contribution is -2.49. The van der Waals surface area contributed by atoms with Gasteiger partial charge in [-0.05, 0) is 44.6 Å². The molecule has 0 aromatic heterocycles. The molecular formula is C14H28N2O2. The van der Waals surface area contributed by atoms with E-state index in [-0.39, 0.29) is 18.6 Å². The van der Waals surface area contributed by atoms with Gasteiger partial charge in [-0.3, -0.25) is 4.79 Å². The summed E-state index contributed by atoms with van der Waals surface area (Å²) < 4.78 is 0. The fourth-order valence-corrected chi connectivity index (χ4v) is 2.57. The highest BCUT2D eigenvalue weighted by Crippen LogP contribution is 2.20. The maximum atomic E-state index is 12.2. The van der Waals surface area contributed by atoms with Gasteiger partial charge in [0.2, 0.25) is 5.91 Å². The lowest BCUT2D eigenvalue weighted by molar-refractivity contribution is -0.133. The minimum absolute atomic E-state index is 0.0199. The van der Waals surface area contributed by atoms with E-state index in [4.69, 9.17) is 5.11 Å². The lowest BCUT2D eigenvalue weighted by Gasteiger charge is -2.31.